The molecule has 2 aliphatic heterocycles. The number of thiocarbonyl (C=S) groups is 1. The molecule has 1 amide bonds. The highest BCUT2D eigenvalue weighted by molar-refractivity contribution is 7.80. The molecule has 3 aliphatic rings. The lowest BCUT2D eigenvalue weighted by atomic mass is 9.73. The molecule has 31 heavy (non-hydrogen) atoms. The van der Waals surface area contributed by atoms with Crippen molar-refractivity contribution in [3.05, 3.63) is 35.4 Å². The molecule has 0 spiro atoms. The molecule has 0 radical (unpaired) electrons. The highest BCUT2D eigenvalue weighted by Gasteiger charge is 2.45. The summed E-state index contributed by atoms with van der Waals surface area (Å²) in [5, 5.41) is 12.8. The highest BCUT2D eigenvalue weighted by Crippen LogP contribution is 2.35. The van der Waals surface area contributed by atoms with Gasteiger partial charge in [-0.25, -0.2) is 0 Å². The number of hydrogen-bond acceptors (Lipinski definition) is 5. The molecule has 2 fully saturated rings. The molecular weight excluding hydrogens is 408 g/mol. The fourth-order valence-corrected chi connectivity index (χ4v) is 6.22. The van der Waals surface area contributed by atoms with Gasteiger partial charge < -0.3 is 15.3 Å². The van der Waals surface area contributed by atoms with Crippen molar-refractivity contribution in [2.45, 2.75) is 64.0 Å². The number of rotatable bonds is 7. The largest absolute Gasteiger partial charge is 0.394 e. The Labute approximate surface area is 190 Å². The molecule has 1 aromatic rings. The summed E-state index contributed by atoms with van der Waals surface area (Å²) in [6.45, 7) is 3.23. The summed E-state index contributed by atoms with van der Waals surface area (Å²) < 4.78 is 0. The van der Waals surface area contributed by atoms with Gasteiger partial charge in [0, 0.05) is 24.4 Å². The van der Waals surface area contributed by atoms with Crippen molar-refractivity contribution in [1.29, 1.82) is 0 Å². The van der Waals surface area contributed by atoms with Crippen LogP contribution in [0.3, 0.4) is 0 Å². The number of aryl methyl sites for hydroxylation is 1. The Balaban J connectivity index is 1.44. The average Bonchev–Trinajstić information content (AvgIpc) is 3.43. The molecule has 0 saturated carbocycles. The Morgan fingerprint density at radius 1 is 1.26 bits per heavy atom. The topological polar surface area (TPSA) is 69.6 Å². The number of carbonyl (C=O) groups is 2. The van der Waals surface area contributed by atoms with Crippen LogP contribution in [0.2, 0.25) is 0 Å². The van der Waals surface area contributed by atoms with Gasteiger partial charge in [0.15, 0.2) is 0 Å². The predicted molar refractivity (Wildman–Crippen MR) is 125 cm³/mol. The van der Waals surface area contributed by atoms with E-state index in [0.29, 0.717) is 36.2 Å². The van der Waals surface area contributed by atoms with Crippen molar-refractivity contribution in [3.63, 3.8) is 0 Å². The molecule has 1 aliphatic carbocycles. The fraction of sp³-hybridized carbons (Fsp3) is 0.640. The summed E-state index contributed by atoms with van der Waals surface area (Å²) in [7, 11) is 0. The third-order valence-electron chi connectivity index (χ3n) is 7.70. The summed E-state index contributed by atoms with van der Waals surface area (Å²) in [5.41, 5.74) is 2.86. The van der Waals surface area contributed by atoms with Crippen LogP contribution in [0.4, 0.5) is 0 Å². The molecule has 2 heterocycles. The summed E-state index contributed by atoms with van der Waals surface area (Å²) in [5.74, 6) is 0.329. The lowest BCUT2D eigenvalue weighted by molar-refractivity contribution is -0.138. The molecule has 2 N–H and O–H groups in total. The number of ketones is 1. The predicted octanol–water partition coefficient (Wildman–Crippen LogP) is 2.72. The second-order valence-electron chi connectivity index (χ2n) is 9.42. The second-order valence-corrected chi connectivity index (χ2v) is 9.95. The number of aliphatic hydroxyl groups is 1. The van der Waals surface area contributed by atoms with Gasteiger partial charge in [0.2, 0.25) is 5.91 Å². The Hall–Kier alpha value is -1.63. The van der Waals surface area contributed by atoms with E-state index in [2.05, 4.69) is 36.5 Å². The van der Waals surface area contributed by atoms with Crippen molar-refractivity contribution in [3.8, 4) is 0 Å². The number of benzene rings is 1. The molecule has 2 saturated heterocycles. The normalized spacial score (nSPS) is 29.1. The van der Waals surface area contributed by atoms with Crippen LogP contribution < -0.4 is 5.32 Å². The average molecular weight is 443 g/mol. The van der Waals surface area contributed by atoms with E-state index in [4.69, 9.17) is 12.2 Å². The van der Waals surface area contributed by atoms with Crippen LogP contribution in [-0.4, -0.2) is 58.3 Å². The van der Waals surface area contributed by atoms with Gasteiger partial charge in [-0.15, -0.1) is 0 Å². The maximum absolute atomic E-state index is 13.4. The molecule has 4 rings (SSSR count). The molecule has 5 atom stereocenters. The van der Waals surface area contributed by atoms with Crippen LogP contribution >= 0.6 is 12.2 Å². The third kappa shape index (κ3) is 4.62. The second kappa shape index (κ2) is 9.88. The number of amides is 1. The van der Waals surface area contributed by atoms with Crippen LogP contribution in [-0.2, 0) is 22.4 Å². The Bertz CT molecular complexity index is 842. The number of hydrogen-bond donors (Lipinski definition) is 2. The minimum Gasteiger partial charge on any atom is -0.394 e. The molecule has 1 aromatic carbocycles. The molecular formula is C25H34N2O3S. The zero-order valence-corrected chi connectivity index (χ0v) is 19.2. The number of carbonyl (C=O) groups excluding carboxylic acids is 2. The van der Waals surface area contributed by atoms with E-state index >= 15 is 0 Å². The highest BCUT2D eigenvalue weighted by atomic mass is 32.1. The smallest absolute Gasteiger partial charge is 0.241 e. The summed E-state index contributed by atoms with van der Waals surface area (Å²) in [4.78, 5) is 29.1. The first-order valence-electron chi connectivity index (χ1n) is 11.8. The Kier molecular flexibility index (Phi) is 7.19. The number of Topliss-reactive ketones (excluding diaryl/α,β-unsaturated/α-hetero) is 1. The van der Waals surface area contributed by atoms with Gasteiger partial charge in [-0.1, -0.05) is 49.8 Å². The van der Waals surface area contributed by atoms with Gasteiger partial charge in [0.05, 0.1) is 18.6 Å². The summed E-state index contributed by atoms with van der Waals surface area (Å²) in [6.07, 6.45) is 6.39. The maximum Gasteiger partial charge on any atom is 0.241 e. The third-order valence-corrected chi connectivity index (χ3v) is 8.10. The summed E-state index contributed by atoms with van der Waals surface area (Å²) in [6, 6.07) is 7.93. The van der Waals surface area contributed by atoms with Crippen molar-refractivity contribution in [1.82, 2.24) is 10.2 Å². The minimum absolute atomic E-state index is 0.0252. The van der Waals surface area contributed by atoms with Gasteiger partial charge in [-0.05, 0) is 55.1 Å². The van der Waals surface area contributed by atoms with Crippen molar-refractivity contribution >= 4 is 28.8 Å². The molecule has 0 bridgehead atoms. The maximum atomic E-state index is 13.4. The minimum atomic E-state index is -0.572. The molecule has 2 unspecified atom stereocenters. The van der Waals surface area contributed by atoms with Gasteiger partial charge in [0.1, 0.15) is 11.8 Å². The van der Waals surface area contributed by atoms with E-state index < -0.39 is 12.0 Å². The first kappa shape index (κ1) is 22.6. The van der Waals surface area contributed by atoms with Crippen LogP contribution in [0.25, 0.3) is 0 Å². The fourth-order valence-electron chi connectivity index (χ4n) is 5.87. The van der Waals surface area contributed by atoms with Crippen LogP contribution in [0.15, 0.2) is 24.3 Å². The zero-order valence-electron chi connectivity index (χ0n) is 18.4. The standard InChI is InChI=1S/C25H34N2O3S/c1-2-16(19-10-9-17-6-3-4-7-18(17)12-19)13-21(29)23-22(31)14-26-24(23)25(30)27-11-5-8-20(27)15-28/h3-4,6-7,16,19-20,23-24,26,28H,2,5,8-15H2,1H3/t16?,19-,20-,23?,24-/m0/s1. The quantitative estimate of drug-likeness (QED) is 0.636. The van der Waals surface area contributed by atoms with Crippen molar-refractivity contribution < 1.29 is 14.7 Å². The van der Waals surface area contributed by atoms with E-state index in [9.17, 15) is 14.7 Å². The SMILES string of the molecule is CCC(CC(=O)C1C(=S)CN[C@@H]1C(=O)N1CCC[C@H]1CO)[C@H]1CCc2ccccc2C1. The zero-order chi connectivity index (χ0) is 22.0. The van der Waals surface area contributed by atoms with Gasteiger partial charge in [-0.3, -0.25) is 9.59 Å². The van der Waals surface area contributed by atoms with Gasteiger partial charge in [0.25, 0.3) is 0 Å². The van der Waals surface area contributed by atoms with Crippen LogP contribution in [0.1, 0.15) is 50.2 Å². The number of likely N-dealkylation sites (tertiary alicyclic amines) is 1. The van der Waals surface area contributed by atoms with E-state index in [0.717, 1.165) is 38.5 Å². The molecule has 0 aromatic heterocycles. The first-order chi connectivity index (χ1) is 15.0. The number of nitrogens with zero attached hydrogens (tertiary/aromatic N) is 1. The number of aliphatic hydroxyl groups excluding tert-OH is 1. The number of fused-ring (bicyclic) bond motifs is 1. The molecule has 6 heteroatoms. The van der Waals surface area contributed by atoms with Crippen LogP contribution in [0, 0.1) is 17.8 Å². The first-order valence-corrected chi connectivity index (χ1v) is 12.2. The van der Waals surface area contributed by atoms with Crippen molar-refractivity contribution in [2.24, 2.45) is 17.8 Å². The molecule has 168 valence electrons. The number of nitrogens with one attached hydrogen (secondary N) is 1. The lowest BCUT2D eigenvalue weighted by Crippen LogP contribution is -2.50. The van der Waals surface area contributed by atoms with E-state index in [1.165, 1.54) is 11.1 Å². The lowest BCUT2D eigenvalue weighted by Gasteiger charge is -2.32. The van der Waals surface area contributed by atoms with E-state index in [1.54, 1.807) is 4.90 Å². The Morgan fingerprint density at radius 3 is 2.77 bits per heavy atom. The summed E-state index contributed by atoms with van der Waals surface area (Å²) >= 11 is 5.54. The monoisotopic (exact) mass is 442 g/mol. The van der Waals surface area contributed by atoms with E-state index in [1.807, 2.05) is 0 Å². The molecule has 5 nitrogen and oxygen atoms in total. The van der Waals surface area contributed by atoms with Crippen molar-refractivity contribution in [2.75, 3.05) is 19.7 Å². The van der Waals surface area contributed by atoms with E-state index in [-0.39, 0.29) is 24.3 Å². The van der Waals surface area contributed by atoms with Gasteiger partial charge >= 0.3 is 0 Å². The Morgan fingerprint density at radius 2 is 2.03 bits per heavy atom. The van der Waals surface area contributed by atoms with Crippen LogP contribution in [0.5, 0.6) is 0 Å². The van der Waals surface area contributed by atoms with Gasteiger partial charge in [-0.2, -0.15) is 0 Å².